The van der Waals surface area contributed by atoms with Gasteiger partial charge in [0.25, 0.3) is 5.91 Å². The zero-order valence-electron chi connectivity index (χ0n) is 23.0. The fourth-order valence-electron chi connectivity index (χ4n) is 5.30. The van der Waals surface area contributed by atoms with Gasteiger partial charge >= 0.3 is 0 Å². The highest BCUT2D eigenvalue weighted by Gasteiger charge is 2.23. The minimum atomic E-state index is -0.210. The first kappa shape index (κ1) is 27.4. The molecule has 1 aromatic heterocycles. The summed E-state index contributed by atoms with van der Waals surface area (Å²) in [4.78, 5) is 15.6. The molecule has 0 atom stereocenters. The third kappa shape index (κ3) is 6.45. The van der Waals surface area contributed by atoms with Crippen LogP contribution in [0.4, 0.5) is 0 Å². The predicted octanol–water partition coefficient (Wildman–Crippen LogP) is 6.86. The molecular formula is C32H39N3O3. The molecule has 0 radical (unpaired) electrons. The molecular weight excluding hydrogens is 474 g/mol. The van der Waals surface area contributed by atoms with Crippen LogP contribution >= 0.6 is 0 Å². The Morgan fingerprint density at radius 1 is 1.11 bits per heavy atom. The number of allylic oxidation sites excluding steroid dienone is 7. The van der Waals surface area contributed by atoms with Crippen molar-refractivity contribution >= 4 is 22.9 Å². The number of nitrogens with zero attached hydrogens (tertiary/aromatic N) is 2. The van der Waals surface area contributed by atoms with Gasteiger partial charge < -0.3 is 14.9 Å². The summed E-state index contributed by atoms with van der Waals surface area (Å²) in [6.07, 6.45) is 15.5. The highest BCUT2D eigenvalue weighted by molar-refractivity contribution is 5.96. The molecule has 0 spiro atoms. The average molecular weight is 514 g/mol. The van der Waals surface area contributed by atoms with Crippen LogP contribution < -0.4 is 5.32 Å². The first-order valence-electron chi connectivity index (χ1n) is 13.7. The molecule has 0 unspecified atom stereocenters. The molecule has 2 aliphatic rings. The number of aryl methyl sites for hydroxylation is 1. The lowest BCUT2D eigenvalue weighted by Gasteiger charge is -2.30. The maximum atomic E-state index is 13.2. The molecule has 0 saturated heterocycles. The minimum absolute atomic E-state index is 0.210. The minimum Gasteiger partial charge on any atom is -0.450 e. The summed E-state index contributed by atoms with van der Waals surface area (Å²) in [5.74, 6) is 3.47. The first-order valence-corrected chi connectivity index (χ1v) is 13.7. The Hall–Kier alpha value is -3.60. The number of amides is 1. The van der Waals surface area contributed by atoms with Gasteiger partial charge in [-0.1, -0.05) is 42.5 Å². The summed E-state index contributed by atoms with van der Waals surface area (Å²) >= 11 is 0. The van der Waals surface area contributed by atoms with E-state index in [1.165, 1.54) is 0 Å². The molecule has 0 fully saturated rings. The Morgan fingerprint density at radius 3 is 2.66 bits per heavy atom. The van der Waals surface area contributed by atoms with Crippen LogP contribution in [0.25, 0.3) is 22.5 Å². The van der Waals surface area contributed by atoms with Crippen molar-refractivity contribution in [2.75, 3.05) is 13.1 Å². The predicted molar refractivity (Wildman–Crippen MR) is 155 cm³/mol. The quantitative estimate of drug-likeness (QED) is 0.230. The van der Waals surface area contributed by atoms with Crippen LogP contribution in [0.1, 0.15) is 80.6 Å². The van der Waals surface area contributed by atoms with E-state index in [4.69, 9.17) is 9.62 Å². The molecule has 1 aromatic carbocycles. The first-order chi connectivity index (χ1) is 18.4. The van der Waals surface area contributed by atoms with Crippen molar-refractivity contribution in [3.63, 3.8) is 0 Å². The Morgan fingerprint density at radius 2 is 1.89 bits per heavy atom. The third-order valence-corrected chi connectivity index (χ3v) is 7.22. The molecule has 2 N–H and O–H groups in total. The molecule has 2 aromatic rings. The number of benzene rings is 1. The van der Waals surface area contributed by atoms with Crippen molar-refractivity contribution in [3.8, 4) is 11.3 Å². The van der Waals surface area contributed by atoms with Gasteiger partial charge in [-0.15, -0.1) is 0 Å². The standard InChI is InChI=1S/C32H39N3O3/c1-22(2)35(23(3)4)18-17-33-32(36)30-20-29(24-11-9-7-5-6-8-10-12-24)31(38-30)26-15-16-28-25(19-26)13-14-27(28)21-34-37/h7,9-12,15-16,19-20,22-23,37H,5-6,8,13-14,17-18H2,1-4H3,(H,33,36)/b9-7-,12-10?,24-11+. The smallest absolute Gasteiger partial charge is 0.287 e. The van der Waals surface area contributed by atoms with Crippen molar-refractivity contribution in [1.29, 1.82) is 0 Å². The maximum Gasteiger partial charge on any atom is 0.287 e. The molecule has 0 aliphatic heterocycles. The van der Waals surface area contributed by atoms with Gasteiger partial charge in [-0.05, 0) is 93.8 Å². The molecule has 38 heavy (non-hydrogen) atoms. The fraction of sp³-hybridized carbons (Fsp3) is 0.406. The van der Waals surface area contributed by atoms with Crippen molar-refractivity contribution in [3.05, 3.63) is 77.1 Å². The van der Waals surface area contributed by atoms with Crippen LogP contribution in [0, 0.1) is 0 Å². The second kappa shape index (κ2) is 12.8. The Kier molecular flexibility index (Phi) is 9.22. The Bertz CT molecular complexity index is 1300. The number of carbonyl (C=O) groups is 1. The van der Waals surface area contributed by atoms with Gasteiger partial charge in [-0.3, -0.25) is 9.69 Å². The lowest BCUT2D eigenvalue weighted by Crippen LogP contribution is -2.42. The fourth-order valence-corrected chi connectivity index (χ4v) is 5.30. The zero-order valence-corrected chi connectivity index (χ0v) is 23.0. The summed E-state index contributed by atoms with van der Waals surface area (Å²) < 4.78 is 6.30. The van der Waals surface area contributed by atoms with Crippen LogP contribution in [-0.2, 0) is 6.42 Å². The van der Waals surface area contributed by atoms with E-state index in [-0.39, 0.29) is 5.91 Å². The number of hydrogen-bond acceptors (Lipinski definition) is 5. The van der Waals surface area contributed by atoms with Crippen molar-refractivity contribution in [1.82, 2.24) is 10.2 Å². The molecule has 1 heterocycles. The lowest BCUT2D eigenvalue weighted by atomic mass is 9.98. The van der Waals surface area contributed by atoms with E-state index in [9.17, 15) is 4.79 Å². The van der Waals surface area contributed by atoms with Gasteiger partial charge in [0.05, 0.1) is 0 Å². The zero-order chi connectivity index (χ0) is 27.1. The van der Waals surface area contributed by atoms with E-state index in [1.54, 1.807) is 0 Å². The van der Waals surface area contributed by atoms with Gasteiger partial charge in [0.15, 0.2) is 5.76 Å². The van der Waals surface area contributed by atoms with E-state index in [2.05, 4.69) is 85.4 Å². The topological polar surface area (TPSA) is 78.1 Å². The van der Waals surface area contributed by atoms with E-state index in [0.29, 0.717) is 30.1 Å². The molecule has 0 bridgehead atoms. The number of carbonyl (C=O) groups excluding carboxylic acids is 1. The van der Waals surface area contributed by atoms with E-state index >= 15 is 0 Å². The Labute approximate surface area is 226 Å². The summed E-state index contributed by atoms with van der Waals surface area (Å²) in [5, 5.41) is 15.1. The average Bonchev–Trinajstić information content (AvgIpc) is 3.53. The maximum absolute atomic E-state index is 13.2. The van der Waals surface area contributed by atoms with Gasteiger partial charge in [0, 0.05) is 47.7 Å². The van der Waals surface area contributed by atoms with Gasteiger partial charge in [0.1, 0.15) is 5.76 Å². The monoisotopic (exact) mass is 513 g/mol. The highest BCUT2D eigenvalue weighted by atomic mass is 16.4. The summed E-state index contributed by atoms with van der Waals surface area (Å²) in [6, 6.07) is 8.82. The molecule has 1 amide bonds. The van der Waals surface area contributed by atoms with E-state index in [0.717, 1.165) is 72.0 Å². The number of furan rings is 1. The van der Waals surface area contributed by atoms with Crippen molar-refractivity contribution in [2.45, 2.75) is 71.9 Å². The lowest BCUT2D eigenvalue weighted by molar-refractivity contribution is 0.0913. The van der Waals surface area contributed by atoms with Gasteiger partial charge in [-0.25, -0.2) is 0 Å². The van der Waals surface area contributed by atoms with Crippen molar-refractivity contribution in [2.24, 2.45) is 5.16 Å². The normalized spacial score (nSPS) is 17.4. The largest absolute Gasteiger partial charge is 0.450 e. The number of hydrogen-bond donors (Lipinski definition) is 2. The molecule has 200 valence electrons. The molecule has 6 heteroatoms. The number of rotatable bonds is 8. The van der Waals surface area contributed by atoms with Crippen molar-refractivity contribution < 1.29 is 14.4 Å². The Balaban J connectivity index is 1.67. The second-order valence-electron chi connectivity index (χ2n) is 10.5. The summed E-state index contributed by atoms with van der Waals surface area (Å²) in [7, 11) is 0. The van der Waals surface area contributed by atoms with Gasteiger partial charge in [0.2, 0.25) is 0 Å². The number of nitrogens with one attached hydrogen (secondary N) is 1. The molecule has 6 nitrogen and oxygen atoms in total. The molecule has 0 saturated carbocycles. The number of fused-ring (bicyclic) bond motifs is 1. The van der Waals surface area contributed by atoms with Crippen LogP contribution in [0.3, 0.4) is 0 Å². The van der Waals surface area contributed by atoms with Crippen LogP contribution in [-0.4, -0.2) is 47.1 Å². The second-order valence-corrected chi connectivity index (χ2v) is 10.5. The van der Waals surface area contributed by atoms with Gasteiger partial charge in [-0.2, -0.15) is 0 Å². The third-order valence-electron chi connectivity index (χ3n) is 7.22. The highest BCUT2D eigenvalue weighted by Crippen LogP contribution is 2.38. The SMILES string of the molecule is CC(C)N(CCNC(=O)c1cc(/C2=C/C=C\CCCC=C2)c(-c2ccc3c(c2)CCC3=C=NO)o1)C(C)C. The molecule has 2 aliphatic carbocycles. The van der Waals surface area contributed by atoms with Crippen LogP contribution in [0.2, 0.25) is 0 Å². The van der Waals surface area contributed by atoms with E-state index in [1.807, 2.05) is 18.2 Å². The summed E-state index contributed by atoms with van der Waals surface area (Å²) in [6.45, 7) is 10.0. The van der Waals surface area contributed by atoms with Crippen LogP contribution in [0.15, 0.2) is 64.2 Å². The molecule has 4 rings (SSSR count). The van der Waals surface area contributed by atoms with E-state index < -0.39 is 0 Å². The summed E-state index contributed by atoms with van der Waals surface area (Å²) in [5.41, 5.74) is 5.93. The van der Waals surface area contributed by atoms with Crippen LogP contribution in [0.5, 0.6) is 0 Å².